The minimum Gasteiger partial charge on any atom is -0.462 e. The summed E-state index contributed by atoms with van der Waals surface area (Å²) in [5.74, 6) is -0.942. The molecule has 0 aromatic carbocycles. The van der Waals surface area contributed by atoms with Gasteiger partial charge in [0.25, 0.3) is 0 Å². The number of hydrogen-bond acceptors (Lipinski definition) is 6. The van der Waals surface area contributed by atoms with Crippen molar-refractivity contribution in [3.63, 3.8) is 0 Å². The summed E-state index contributed by atoms with van der Waals surface area (Å²) in [6.45, 7) is 6.32. The zero-order valence-corrected chi connectivity index (χ0v) is 51.5. The van der Waals surface area contributed by atoms with E-state index in [1.54, 1.807) is 0 Å². The predicted molar refractivity (Wildman–Crippen MR) is 348 cm³/mol. The van der Waals surface area contributed by atoms with Crippen molar-refractivity contribution < 1.29 is 28.6 Å². The lowest BCUT2D eigenvalue weighted by Gasteiger charge is -2.18. The highest BCUT2D eigenvalue weighted by Crippen LogP contribution is 2.15. The van der Waals surface area contributed by atoms with Crippen LogP contribution in [0.4, 0.5) is 0 Å². The Kier molecular flexibility index (Phi) is 62.4. The highest BCUT2D eigenvalue weighted by molar-refractivity contribution is 5.71. The molecule has 0 aliphatic heterocycles. The first-order chi connectivity index (χ1) is 39.5. The van der Waals surface area contributed by atoms with Gasteiger partial charge < -0.3 is 14.2 Å². The van der Waals surface area contributed by atoms with Gasteiger partial charge in [0, 0.05) is 19.3 Å². The maximum atomic E-state index is 12.9. The van der Waals surface area contributed by atoms with Crippen molar-refractivity contribution in [1.29, 1.82) is 0 Å². The molecule has 80 heavy (non-hydrogen) atoms. The van der Waals surface area contributed by atoms with E-state index in [2.05, 4.69) is 179 Å². The number of esters is 3. The molecule has 450 valence electrons. The van der Waals surface area contributed by atoms with E-state index in [9.17, 15) is 14.4 Å². The summed E-state index contributed by atoms with van der Waals surface area (Å²) < 4.78 is 16.9. The van der Waals surface area contributed by atoms with Crippen molar-refractivity contribution in [2.45, 2.75) is 277 Å². The van der Waals surface area contributed by atoms with Crippen LogP contribution in [0.25, 0.3) is 0 Å². The van der Waals surface area contributed by atoms with E-state index in [0.717, 1.165) is 173 Å². The highest BCUT2D eigenvalue weighted by atomic mass is 16.6. The first-order valence-corrected chi connectivity index (χ1v) is 32.5. The molecule has 0 heterocycles. The zero-order valence-electron chi connectivity index (χ0n) is 51.5. The van der Waals surface area contributed by atoms with Gasteiger partial charge in [0.15, 0.2) is 6.10 Å². The summed E-state index contributed by atoms with van der Waals surface area (Å²) in [4.78, 5) is 38.3. The minimum absolute atomic E-state index is 0.0993. The molecule has 0 amide bonds. The van der Waals surface area contributed by atoms with E-state index in [4.69, 9.17) is 14.2 Å². The van der Waals surface area contributed by atoms with E-state index in [0.29, 0.717) is 12.8 Å². The lowest BCUT2D eigenvalue weighted by atomic mass is 10.1. The van der Waals surface area contributed by atoms with E-state index in [1.807, 2.05) is 0 Å². The van der Waals surface area contributed by atoms with Crippen molar-refractivity contribution >= 4 is 17.9 Å². The molecule has 1 atom stereocenters. The summed E-state index contributed by atoms with van der Waals surface area (Å²) in [5.41, 5.74) is 0. The van der Waals surface area contributed by atoms with Crippen LogP contribution in [0.5, 0.6) is 0 Å². The monoisotopic (exact) mass is 1100 g/mol. The van der Waals surface area contributed by atoms with Crippen LogP contribution in [-0.2, 0) is 28.6 Å². The molecule has 1 unspecified atom stereocenters. The second-order valence-corrected chi connectivity index (χ2v) is 20.9. The quantitative estimate of drug-likeness (QED) is 0.0261. The Balaban J connectivity index is 4.32. The predicted octanol–water partition coefficient (Wildman–Crippen LogP) is 22.5. The lowest BCUT2D eigenvalue weighted by Crippen LogP contribution is -2.30. The third-order valence-corrected chi connectivity index (χ3v) is 13.2. The molecule has 0 aromatic rings. The number of unbranched alkanes of at least 4 members (excludes halogenated alkanes) is 20. The number of carbonyl (C=O) groups is 3. The van der Waals surface area contributed by atoms with Gasteiger partial charge in [-0.25, -0.2) is 0 Å². The number of allylic oxidation sites excluding steroid dienone is 26. The van der Waals surface area contributed by atoms with Crippen molar-refractivity contribution in [3.8, 4) is 0 Å². The fourth-order valence-corrected chi connectivity index (χ4v) is 8.45. The van der Waals surface area contributed by atoms with Crippen molar-refractivity contribution in [2.75, 3.05) is 13.2 Å². The van der Waals surface area contributed by atoms with Gasteiger partial charge >= 0.3 is 17.9 Å². The van der Waals surface area contributed by atoms with Crippen LogP contribution < -0.4 is 0 Å². The van der Waals surface area contributed by atoms with Crippen LogP contribution in [0.3, 0.4) is 0 Å². The zero-order chi connectivity index (χ0) is 57.8. The number of hydrogen-bond donors (Lipinski definition) is 0. The van der Waals surface area contributed by atoms with Crippen molar-refractivity contribution in [3.05, 3.63) is 158 Å². The first kappa shape index (κ1) is 75.0. The largest absolute Gasteiger partial charge is 0.462 e. The topological polar surface area (TPSA) is 78.9 Å². The average Bonchev–Trinajstić information content (AvgIpc) is 3.46. The Hall–Kier alpha value is -4.97. The molecule has 0 saturated heterocycles. The molecule has 0 fully saturated rings. The molecule has 0 saturated carbocycles. The van der Waals surface area contributed by atoms with Crippen molar-refractivity contribution in [1.82, 2.24) is 0 Å². The van der Waals surface area contributed by atoms with Crippen LogP contribution in [-0.4, -0.2) is 37.2 Å². The molecule has 0 aliphatic rings. The van der Waals surface area contributed by atoms with E-state index < -0.39 is 6.10 Å². The molecule has 0 rings (SSSR count). The summed E-state index contributed by atoms with van der Waals surface area (Å²) in [6.07, 6.45) is 96.8. The number of rotatable bonds is 57. The standard InChI is InChI=1S/C74H118O6/c1-4-7-10-13-16-19-22-24-26-28-30-32-34-35-36-37-38-39-41-42-44-46-48-50-52-55-58-61-64-67-73(76)79-70-71(69-78-72(75)66-63-60-57-54-21-18-15-12-9-6-3)80-74(77)68-65-62-59-56-53-51-49-47-45-43-40-33-31-29-27-25-23-20-17-14-11-8-5-2/h7-8,10-12,15-17,19-20,24-27,30-33,35-36,38-39,43,45,49,51,71H,4-6,9,13-14,18,21-23,28-29,34,37,40-42,44,46-48,50,52-70H2,1-3H3/b10-7-,11-8-,15-12-,19-16-,20-17-,26-24-,27-25-,32-30-,33-31-,36-35-,39-38-,45-43-,51-49-. The normalized spacial score (nSPS) is 13.2. The first-order valence-electron chi connectivity index (χ1n) is 32.5. The third kappa shape index (κ3) is 63.9. The van der Waals surface area contributed by atoms with E-state index in [-0.39, 0.29) is 37.5 Å². The van der Waals surface area contributed by atoms with Gasteiger partial charge in [-0.15, -0.1) is 0 Å². The van der Waals surface area contributed by atoms with Gasteiger partial charge in [-0.2, -0.15) is 0 Å². The Morgan fingerprint density at radius 2 is 0.487 bits per heavy atom. The van der Waals surface area contributed by atoms with Crippen LogP contribution in [0.1, 0.15) is 271 Å². The maximum Gasteiger partial charge on any atom is 0.306 e. The van der Waals surface area contributed by atoms with Gasteiger partial charge in [-0.05, 0) is 141 Å². The molecule has 0 aliphatic carbocycles. The Morgan fingerprint density at radius 1 is 0.263 bits per heavy atom. The summed E-state index contributed by atoms with van der Waals surface area (Å²) >= 11 is 0. The van der Waals surface area contributed by atoms with E-state index >= 15 is 0 Å². The molecule has 0 radical (unpaired) electrons. The Morgan fingerprint density at radius 3 is 0.775 bits per heavy atom. The summed E-state index contributed by atoms with van der Waals surface area (Å²) in [6, 6.07) is 0. The van der Waals surface area contributed by atoms with E-state index in [1.165, 1.54) is 57.8 Å². The fourth-order valence-electron chi connectivity index (χ4n) is 8.45. The molecule has 0 N–H and O–H groups in total. The van der Waals surface area contributed by atoms with Gasteiger partial charge in [0.2, 0.25) is 0 Å². The highest BCUT2D eigenvalue weighted by Gasteiger charge is 2.19. The van der Waals surface area contributed by atoms with Gasteiger partial charge in [0.1, 0.15) is 13.2 Å². The molecule has 6 nitrogen and oxygen atoms in total. The van der Waals surface area contributed by atoms with Crippen LogP contribution in [0.2, 0.25) is 0 Å². The summed E-state index contributed by atoms with van der Waals surface area (Å²) in [5, 5.41) is 0. The van der Waals surface area contributed by atoms with Crippen LogP contribution >= 0.6 is 0 Å². The Bertz CT molecular complexity index is 1790. The fraction of sp³-hybridized carbons (Fsp3) is 0.608. The summed E-state index contributed by atoms with van der Waals surface area (Å²) in [7, 11) is 0. The molecule has 6 heteroatoms. The van der Waals surface area contributed by atoms with Crippen LogP contribution in [0, 0.1) is 0 Å². The van der Waals surface area contributed by atoms with Gasteiger partial charge in [-0.3, -0.25) is 14.4 Å². The second kappa shape index (κ2) is 66.5. The number of ether oxygens (including phenoxy) is 3. The molecular weight excluding hydrogens is 985 g/mol. The third-order valence-electron chi connectivity index (χ3n) is 13.2. The maximum absolute atomic E-state index is 12.9. The smallest absolute Gasteiger partial charge is 0.306 e. The SMILES string of the molecule is CC/C=C\C/C=C\C/C=C\C/C=C\C/C=C\C/C=C\CCCCCCCCCCCCC(=O)OCC(COC(=O)CCCCCCC/C=C\CCC)OC(=O)CCCCCC/C=C\C/C=C\C/C=C\C/C=C\C/C=C\C/C=C\CC. The van der Waals surface area contributed by atoms with Crippen LogP contribution in [0.15, 0.2) is 158 Å². The van der Waals surface area contributed by atoms with Gasteiger partial charge in [0.05, 0.1) is 0 Å². The molecule has 0 spiro atoms. The minimum atomic E-state index is -0.805. The average molecular weight is 1100 g/mol. The molecule has 0 bridgehead atoms. The van der Waals surface area contributed by atoms with Crippen molar-refractivity contribution in [2.24, 2.45) is 0 Å². The second-order valence-electron chi connectivity index (χ2n) is 20.9. The number of carbonyl (C=O) groups excluding carboxylic acids is 3. The molecular formula is C74H118O6. The Labute approximate surface area is 492 Å². The molecule has 0 aromatic heterocycles. The lowest BCUT2D eigenvalue weighted by molar-refractivity contribution is -0.167. The van der Waals surface area contributed by atoms with Gasteiger partial charge in [-0.1, -0.05) is 269 Å².